The van der Waals surface area contributed by atoms with Crippen LogP contribution in [0.3, 0.4) is 0 Å². The fraction of sp³-hybridized carbons (Fsp3) is 0.350. The zero-order valence-electron chi connectivity index (χ0n) is 17.2. The molecule has 3 N–H and O–H groups in total. The minimum Gasteiger partial charge on any atom is -0.383 e. The molecule has 0 fully saturated rings. The summed E-state index contributed by atoms with van der Waals surface area (Å²) in [6.07, 6.45) is 8.26. The van der Waals surface area contributed by atoms with Crippen LogP contribution in [0.25, 0.3) is 5.69 Å². The van der Waals surface area contributed by atoms with Gasteiger partial charge in [-0.2, -0.15) is 5.10 Å². The predicted molar refractivity (Wildman–Crippen MR) is 125 cm³/mol. The molecule has 0 spiro atoms. The Bertz CT molecular complexity index is 969. The van der Waals surface area contributed by atoms with Crippen LogP contribution in [0.2, 0.25) is 0 Å². The Kier molecular flexibility index (Phi) is 8.35. The van der Waals surface area contributed by atoms with Crippen molar-refractivity contribution in [1.29, 1.82) is 0 Å². The van der Waals surface area contributed by atoms with E-state index in [1.807, 2.05) is 13.0 Å². The van der Waals surface area contributed by atoms with Crippen molar-refractivity contribution < 1.29 is 9.50 Å². The smallest absolute Gasteiger partial charge is 0.191 e. The molecular formula is C20H27FIN7O. The second kappa shape index (κ2) is 10.5. The van der Waals surface area contributed by atoms with E-state index in [1.54, 1.807) is 60.4 Å². The van der Waals surface area contributed by atoms with Gasteiger partial charge < -0.3 is 20.3 Å². The third kappa shape index (κ3) is 6.02. The van der Waals surface area contributed by atoms with Gasteiger partial charge in [0.2, 0.25) is 0 Å². The van der Waals surface area contributed by atoms with Crippen LogP contribution in [0.15, 0.2) is 54.3 Å². The van der Waals surface area contributed by atoms with E-state index in [-0.39, 0.29) is 36.3 Å². The van der Waals surface area contributed by atoms with Crippen molar-refractivity contribution in [2.75, 3.05) is 13.1 Å². The monoisotopic (exact) mass is 527 g/mol. The van der Waals surface area contributed by atoms with E-state index < -0.39 is 5.60 Å². The van der Waals surface area contributed by atoms with E-state index in [2.05, 4.69) is 25.7 Å². The number of aryl methyl sites for hydroxylation is 1. The highest BCUT2D eigenvalue weighted by Crippen LogP contribution is 2.18. The Morgan fingerprint density at radius 2 is 2.13 bits per heavy atom. The Labute approximate surface area is 192 Å². The summed E-state index contributed by atoms with van der Waals surface area (Å²) in [7, 11) is 1.80. The molecule has 0 bridgehead atoms. The number of nitrogens with zero attached hydrogens (tertiary/aromatic N) is 5. The summed E-state index contributed by atoms with van der Waals surface area (Å²) >= 11 is 0. The summed E-state index contributed by atoms with van der Waals surface area (Å²) in [4.78, 5) is 8.43. The molecule has 0 saturated heterocycles. The Morgan fingerprint density at radius 3 is 2.73 bits per heavy atom. The number of aliphatic hydroxyl groups is 1. The van der Waals surface area contributed by atoms with Gasteiger partial charge in [0, 0.05) is 37.7 Å². The number of aliphatic imine (C=N–C) groups is 1. The predicted octanol–water partition coefficient (Wildman–Crippen LogP) is 2.33. The molecular weight excluding hydrogens is 500 g/mol. The molecule has 0 aliphatic heterocycles. The minimum atomic E-state index is -1.11. The molecule has 1 aromatic carbocycles. The largest absolute Gasteiger partial charge is 0.383 e. The third-order valence-electron chi connectivity index (χ3n) is 4.49. The van der Waals surface area contributed by atoms with Gasteiger partial charge in [-0.3, -0.25) is 4.68 Å². The molecule has 30 heavy (non-hydrogen) atoms. The molecule has 0 saturated carbocycles. The van der Waals surface area contributed by atoms with Crippen molar-refractivity contribution in [3.05, 3.63) is 66.3 Å². The first-order chi connectivity index (χ1) is 13.9. The van der Waals surface area contributed by atoms with Crippen molar-refractivity contribution in [3.8, 4) is 5.69 Å². The van der Waals surface area contributed by atoms with Crippen molar-refractivity contribution >= 4 is 29.9 Å². The second-order valence-electron chi connectivity index (χ2n) is 6.98. The molecule has 8 nitrogen and oxygen atoms in total. The molecule has 0 radical (unpaired) electrons. The summed E-state index contributed by atoms with van der Waals surface area (Å²) in [6, 6.07) is 5.00. The summed E-state index contributed by atoms with van der Waals surface area (Å²) in [6.45, 7) is 4.87. The van der Waals surface area contributed by atoms with Crippen LogP contribution >= 0.6 is 24.0 Å². The zero-order chi connectivity index (χ0) is 20.9. The summed E-state index contributed by atoms with van der Waals surface area (Å²) in [5.41, 5.74) is 0.777. The highest BCUT2D eigenvalue weighted by molar-refractivity contribution is 14.0. The van der Waals surface area contributed by atoms with E-state index in [4.69, 9.17) is 0 Å². The normalized spacial score (nSPS) is 13.4. The average molecular weight is 527 g/mol. The Balaban J connectivity index is 0.00000320. The van der Waals surface area contributed by atoms with Crippen LogP contribution in [-0.4, -0.2) is 43.5 Å². The molecule has 2 aromatic heterocycles. The number of guanidine groups is 1. The lowest BCUT2D eigenvalue weighted by Crippen LogP contribution is -2.44. The van der Waals surface area contributed by atoms with Gasteiger partial charge in [-0.15, -0.1) is 24.0 Å². The molecule has 1 atom stereocenters. The van der Waals surface area contributed by atoms with Crippen LogP contribution in [0.5, 0.6) is 0 Å². The summed E-state index contributed by atoms with van der Waals surface area (Å²) in [5, 5.41) is 21.1. The number of aromatic nitrogens is 4. The quantitative estimate of drug-likeness (QED) is 0.249. The van der Waals surface area contributed by atoms with Gasteiger partial charge in [0.25, 0.3) is 0 Å². The van der Waals surface area contributed by atoms with Crippen LogP contribution in [0.1, 0.15) is 25.0 Å². The lowest BCUT2D eigenvalue weighted by atomic mass is 10.00. The molecule has 0 aliphatic carbocycles. The lowest BCUT2D eigenvalue weighted by Gasteiger charge is -2.23. The van der Waals surface area contributed by atoms with Crippen molar-refractivity contribution in [3.63, 3.8) is 0 Å². The van der Waals surface area contributed by atoms with Gasteiger partial charge in [0.1, 0.15) is 11.4 Å². The van der Waals surface area contributed by atoms with Gasteiger partial charge in [-0.25, -0.2) is 14.4 Å². The van der Waals surface area contributed by atoms with Gasteiger partial charge in [-0.05, 0) is 31.5 Å². The maximum Gasteiger partial charge on any atom is 0.191 e. The van der Waals surface area contributed by atoms with Crippen molar-refractivity contribution in [2.24, 2.45) is 12.0 Å². The third-order valence-corrected chi connectivity index (χ3v) is 4.49. The van der Waals surface area contributed by atoms with E-state index in [0.717, 1.165) is 5.56 Å². The second-order valence-corrected chi connectivity index (χ2v) is 6.98. The number of imidazole rings is 1. The van der Waals surface area contributed by atoms with Crippen molar-refractivity contribution in [2.45, 2.75) is 26.0 Å². The number of nitrogens with one attached hydrogen (secondary N) is 2. The minimum absolute atomic E-state index is 0. The number of hydrogen-bond donors (Lipinski definition) is 3. The van der Waals surface area contributed by atoms with Gasteiger partial charge in [0.05, 0.1) is 31.3 Å². The molecule has 0 amide bonds. The molecule has 10 heteroatoms. The first-order valence-corrected chi connectivity index (χ1v) is 9.39. The zero-order valence-corrected chi connectivity index (χ0v) is 19.5. The molecule has 3 rings (SSSR count). The van der Waals surface area contributed by atoms with Crippen LogP contribution in [-0.2, 0) is 19.2 Å². The van der Waals surface area contributed by atoms with Gasteiger partial charge >= 0.3 is 0 Å². The van der Waals surface area contributed by atoms with Gasteiger partial charge in [-0.1, -0.05) is 6.07 Å². The number of rotatable bonds is 7. The van der Waals surface area contributed by atoms with Crippen LogP contribution < -0.4 is 10.6 Å². The topological polar surface area (TPSA) is 92.3 Å². The lowest BCUT2D eigenvalue weighted by molar-refractivity contribution is 0.0616. The van der Waals surface area contributed by atoms with E-state index >= 15 is 0 Å². The Hall–Kier alpha value is -2.47. The maximum atomic E-state index is 14.4. The first kappa shape index (κ1) is 23.8. The summed E-state index contributed by atoms with van der Waals surface area (Å²) < 4.78 is 17.7. The number of hydrogen-bond acceptors (Lipinski definition) is 4. The summed E-state index contributed by atoms with van der Waals surface area (Å²) in [5.74, 6) is 0.198. The fourth-order valence-corrected chi connectivity index (χ4v) is 2.83. The highest BCUT2D eigenvalue weighted by atomic mass is 127. The SMILES string of the molecule is CCNC(=NCc1ccc(-n2ccnc2)c(F)c1)NCC(C)(O)c1cnn(C)c1.I. The molecule has 2 heterocycles. The fourth-order valence-electron chi connectivity index (χ4n) is 2.83. The van der Waals surface area contributed by atoms with E-state index in [1.165, 1.54) is 6.07 Å². The van der Waals surface area contributed by atoms with E-state index in [9.17, 15) is 9.50 Å². The highest BCUT2D eigenvalue weighted by Gasteiger charge is 2.25. The molecule has 0 aliphatic rings. The first-order valence-electron chi connectivity index (χ1n) is 9.39. The standard InChI is InChI=1S/C20H26FN7O.HI/c1-4-23-19(25-13-20(2,29)16-11-26-27(3)12-16)24-10-15-5-6-18(17(21)9-15)28-8-7-22-14-28;/h5-9,11-12,14,29H,4,10,13H2,1-3H3,(H2,23,24,25);1H. The van der Waals surface area contributed by atoms with Crippen LogP contribution in [0, 0.1) is 5.82 Å². The maximum absolute atomic E-state index is 14.4. The molecule has 162 valence electrons. The van der Waals surface area contributed by atoms with Gasteiger partial charge in [0.15, 0.2) is 5.96 Å². The Morgan fingerprint density at radius 1 is 1.33 bits per heavy atom. The molecule has 3 aromatic rings. The van der Waals surface area contributed by atoms with Crippen molar-refractivity contribution in [1.82, 2.24) is 30.0 Å². The van der Waals surface area contributed by atoms with E-state index in [0.29, 0.717) is 30.3 Å². The number of benzene rings is 1. The average Bonchev–Trinajstić information content (AvgIpc) is 3.36. The number of halogens is 2. The molecule has 1 unspecified atom stereocenters. The van der Waals surface area contributed by atoms with Crippen LogP contribution in [0.4, 0.5) is 4.39 Å².